The Hall–Kier alpha value is -4.38. The first kappa shape index (κ1) is 19.9. The molecule has 4 aromatic rings. The van der Waals surface area contributed by atoms with E-state index in [0.717, 1.165) is 5.69 Å². The first-order valence-electron chi connectivity index (χ1n) is 9.64. The third-order valence-corrected chi connectivity index (χ3v) is 4.68. The number of aryl methyl sites for hydroxylation is 1. The Kier molecular flexibility index (Phi) is 5.49. The molecule has 4 rings (SSSR count). The van der Waals surface area contributed by atoms with E-state index in [9.17, 15) is 10.1 Å². The molecule has 8 heteroatoms. The number of pyridine rings is 1. The third-order valence-electron chi connectivity index (χ3n) is 4.68. The van der Waals surface area contributed by atoms with Gasteiger partial charge in [-0.2, -0.15) is 10.4 Å². The van der Waals surface area contributed by atoms with Crippen LogP contribution in [-0.4, -0.2) is 27.2 Å². The van der Waals surface area contributed by atoms with Crippen LogP contribution < -0.4 is 10.1 Å². The Labute approximate surface area is 178 Å². The first-order chi connectivity index (χ1) is 15.1. The van der Waals surface area contributed by atoms with Gasteiger partial charge in [0.2, 0.25) is 0 Å². The van der Waals surface area contributed by atoms with Crippen LogP contribution in [0.2, 0.25) is 0 Å². The zero-order valence-electron chi connectivity index (χ0n) is 17.0. The highest BCUT2D eigenvalue weighted by atomic mass is 16.5. The monoisotopic (exact) mass is 413 g/mol. The maximum Gasteiger partial charge on any atom is 0.340 e. The second kappa shape index (κ2) is 8.55. The summed E-state index contributed by atoms with van der Waals surface area (Å²) >= 11 is 0. The molecular formula is C23H19N5O3. The van der Waals surface area contributed by atoms with Gasteiger partial charge in [0, 0.05) is 24.3 Å². The molecule has 0 aliphatic rings. The summed E-state index contributed by atoms with van der Waals surface area (Å²) in [5.74, 6) is 0.932. The van der Waals surface area contributed by atoms with Crippen molar-refractivity contribution >= 4 is 22.9 Å². The van der Waals surface area contributed by atoms with Crippen molar-refractivity contribution in [2.75, 3.05) is 11.9 Å². The summed E-state index contributed by atoms with van der Waals surface area (Å²) in [6.07, 6.45) is 6.40. The maximum absolute atomic E-state index is 12.3. The van der Waals surface area contributed by atoms with Gasteiger partial charge >= 0.3 is 5.97 Å². The zero-order chi connectivity index (χ0) is 21.8. The normalized spacial score (nSPS) is 10.5. The van der Waals surface area contributed by atoms with Crippen molar-refractivity contribution in [2.24, 2.45) is 0 Å². The van der Waals surface area contributed by atoms with Crippen LogP contribution in [0.4, 0.5) is 11.4 Å². The Morgan fingerprint density at radius 3 is 2.55 bits per heavy atom. The van der Waals surface area contributed by atoms with Crippen LogP contribution in [0.15, 0.2) is 61.2 Å². The van der Waals surface area contributed by atoms with Gasteiger partial charge in [0.05, 0.1) is 35.1 Å². The molecule has 0 radical (unpaired) electrons. The minimum Gasteiger partial charge on any atom is -0.462 e. The standard InChI is InChI=1S/C23H19N5O3/c1-3-30-23(29)20-14-28-22(15(20)2)21(16(12-24)13-26-28)27-17-4-6-18(7-5-17)31-19-8-10-25-11-9-19/h4-11,13-14,27H,3H2,1-2H3. The molecule has 0 bridgehead atoms. The smallest absolute Gasteiger partial charge is 0.340 e. The molecule has 0 saturated carbocycles. The van der Waals surface area contributed by atoms with Crippen LogP contribution in [0, 0.1) is 18.3 Å². The van der Waals surface area contributed by atoms with Gasteiger partial charge in [-0.05, 0) is 55.8 Å². The topological polar surface area (TPSA) is 102 Å². The molecule has 0 aliphatic carbocycles. The molecular weight excluding hydrogens is 394 g/mol. The number of nitriles is 1. The number of nitrogens with one attached hydrogen (secondary N) is 1. The van der Waals surface area contributed by atoms with Crippen molar-refractivity contribution in [3.05, 3.63) is 77.9 Å². The fourth-order valence-corrected chi connectivity index (χ4v) is 3.21. The van der Waals surface area contributed by atoms with E-state index < -0.39 is 5.97 Å². The van der Waals surface area contributed by atoms with Crippen LogP contribution in [0.1, 0.15) is 28.4 Å². The lowest BCUT2D eigenvalue weighted by Gasteiger charge is -2.12. The molecule has 0 atom stereocenters. The number of nitrogens with zero attached hydrogens (tertiary/aromatic N) is 4. The molecule has 1 aromatic carbocycles. The Balaban J connectivity index is 1.67. The molecule has 0 saturated heterocycles. The lowest BCUT2D eigenvalue weighted by Crippen LogP contribution is -2.04. The third kappa shape index (κ3) is 4.02. The average molecular weight is 413 g/mol. The number of benzene rings is 1. The maximum atomic E-state index is 12.3. The lowest BCUT2D eigenvalue weighted by molar-refractivity contribution is 0.0525. The second-order valence-corrected chi connectivity index (χ2v) is 6.66. The largest absolute Gasteiger partial charge is 0.462 e. The molecule has 0 unspecified atom stereocenters. The van der Waals surface area contributed by atoms with Gasteiger partial charge in [0.1, 0.15) is 17.6 Å². The average Bonchev–Trinajstić information content (AvgIpc) is 3.13. The molecule has 31 heavy (non-hydrogen) atoms. The number of aromatic nitrogens is 3. The predicted molar refractivity (Wildman–Crippen MR) is 115 cm³/mol. The fourth-order valence-electron chi connectivity index (χ4n) is 3.21. The van der Waals surface area contributed by atoms with E-state index in [1.165, 1.54) is 6.20 Å². The van der Waals surface area contributed by atoms with Crippen LogP contribution in [0.5, 0.6) is 11.5 Å². The zero-order valence-corrected chi connectivity index (χ0v) is 17.0. The number of fused-ring (bicyclic) bond motifs is 1. The van der Waals surface area contributed by atoms with E-state index in [2.05, 4.69) is 21.5 Å². The van der Waals surface area contributed by atoms with Crippen LogP contribution in [0.25, 0.3) is 5.52 Å². The number of carbonyl (C=O) groups is 1. The highest BCUT2D eigenvalue weighted by Gasteiger charge is 2.20. The highest BCUT2D eigenvalue weighted by Crippen LogP contribution is 2.31. The summed E-state index contributed by atoms with van der Waals surface area (Å²) in [4.78, 5) is 16.2. The Morgan fingerprint density at radius 2 is 1.87 bits per heavy atom. The van der Waals surface area contributed by atoms with Crippen molar-refractivity contribution in [1.29, 1.82) is 5.26 Å². The van der Waals surface area contributed by atoms with Gasteiger partial charge in [-0.1, -0.05) is 0 Å². The van der Waals surface area contributed by atoms with Gasteiger partial charge in [-0.3, -0.25) is 4.98 Å². The van der Waals surface area contributed by atoms with E-state index >= 15 is 0 Å². The lowest BCUT2D eigenvalue weighted by atomic mass is 10.1. The molecule has 8 nitrogen and oxygen atoms in total. The molecule has 154 valence electrons. The molecule has 3 aromatic heterocycles. The van der Waals surface area contributed by atoms with Gasteiger partial charge in [-0.25, -0.2) is 9.31 Å². The van der Waals surface area contributed by atoms with Gasteiger partial charge < -0.3 is 14.8 Å². The van der Waals surface area contributed by atoms with Crippen LogP contribution in [-0.2, 0) is 4.74 Å². The molecule has 3 heterocycles. The summed E-state index contributed by atoms with van der Waals surface area (Å²) in [6, 6.07) is 13.0. The number of hydrogen-bond acceptors (Lipinski definition) is 7. The number of rotatable bonds is 6. The fraction of sp³-hybridized carbons (Fsp3) is 0.130. The van der Waals surface area contributed by atoms with Gasteiger partial charge in [0.15, 0.2) is 0 Å². The summed E-state index contributed by atoms with van der Waals surface area (Å²) in [5, 5.41) is 17.1. The van der Waals surface area contributed by atoms with Crippen molar-refractivity contribution in [3.63, 3.8) is 0 Å². The Bertz CT molecular complexity index is 1270. The summed E-state index contributed by atoms with van der Waals surface area (Å²) in [5.41, 5.74) is 3.41. The van der Waals surface area contributed by atoms with E-state index in [1.54, 1.807) is 49.1 Å². The van der Waals surface area contributed by atoms with Gasteiger partial charge in [-0.15, -0.1) is 0 Å². The Morgan fingerprint density at radius 1 is 1.16 bits per heavy atom. The van der Waals surface area contributed by atoms with Crippen molar-refractivity contribution in [2.45, 2.75) is 13.8 Å². The van der Waals surface area contributed by atoms with Crippen LogP contribution in [0.3, 0.4) is 0 Å². The van der Waals surface area contributed by atoms with E-state index in [1.807, 2.05) is 24.3 Å². The highest BCUT2D eigenvalue weighted by molar-refractivity contribution is 5.97. The number of ether oxygens (including phenoxy) is 2. The predicted octanol–water partition coefficient (Wildman–Crippen LogP) is 4.62. The van der Waals surface area contributed by atoms with Crippen molar-refractivity contribution < 1.29 is 14.3 Å². The molecule has 0 aliphatic heterocycles. The van der Waals surface area contributed by atoms with Crippen LogP contribution >= 0.6 is 0 Å². The first-order valence-corrected chi connectivity index (χ1v) is 9.64. The van der Waals surface area contributed by atoms with Crippen molar-refractivity contribution in [1.82, 2.24) is 14.6 Å². The molecule has 1 N–H and O–H groups in total. The minimum atomic E-state index is -0.424. The molecule has 0 amide bonds. The molecule has 0 fully saturated rings. The summed E-state index contributed by atoms with van der Waals surface area (Å²) < 4.78 is 12.5. The second-order valence-electron chi connectivity index (χ2n) is 6.66. The summed E-state index contributed by atoms with van der Waals surface area (Å²) in [7, 11) is 0. The van der Waals surface area contributed by atoms with E-state index in [4.69, 9.17) is 9.47 Å². The quantitative estimate of drug-likeness (QED) is 0.460. The van der Waals surface area contributed by atoms with Crippen molar-refractivity contribution in [3.8, 4) is 17.6 Å². The minimum absolute atomic E-state index is 0.278. The summed E-state index contributed by atoms with van der Waals surface area (Å²) in [6.45, 7) is 3.84. The number of anilines is 2. The van der Waals surface area contributed by atoms with Gasteiger partial charge in [0.25, 0.3) is 0 Å². The SMILES string of the molecule is CCOC(=O)c1cn2ncc(C#N)c(Nc3ccc(Oc4ccncc4)cc3)c2c1C. The van der Waals surface area contributed by atoms with E-state index in [-0.39, 0.29) is 6.61 Å². The number of esters is 1. The van der Waals surface area contributed by atoms with E-state index in [0.29, 0.717) is 39.4 Å². The number of hydrogen-bond donors (Lipinski definition) is 1. The molecule has 0 spiro atoms. The number of carbonyl (C=O) groups excluding carboxylic acids is 1.